The molecule has 0 heterocycles. The van der Waals surface area contributed by atoms with Crippen molar-refractivity contribution < 1.29 is 14.5 Å². The lowest BCUT2D eigenvalue weighted by atomic mass is 10.2. The standard InChI is InChI=1S/C16H24ClN3O2/c1-3-20(4-2)12-11-18-16(22)13-5-7-14(8-6-13)19-15(21)9-10-17/h5-8H,3-4,9-12H2,1-2H3,(H,18,22)(H,19,21)/p+1. The average Bonchev–Trinajstić information content (AvgIpc) is 2.52. The number of hydrogen-bond acceptors (Lipinski definition) is 2. The Labute approximate surface area is 137 Å². The maximum absolute atomic E-state index is 12.0. The van der Waals surface area contributed by atoms with Crippen molar-refractivity contribution in [2.75, 3.05) is 37.4 Å². The van der Waals surface area contributed by atoms with Crippen LogP contribution in [0.5, 0.6) is 0 Å². The Hall–Kier alpha value is -1.59. The molecule has 0 atom stereocenters. The number of rotatable bonds is 9. The Bertz CT molecular complexity index is 473. The van der Waals surface area contributed by atoms with Gasteiger partial charge in [0.1, 0.15) is 0 Å². The molecule has 1 rings (SSSR count). The minimum Gasteiger partial charge on any atom is -0.346 e. The zero-order chi connectivity index (χ0) is 16.4. The van der Waals surface area contributed by atoms with Crippen LogP contribution in [0.2, 0.25) is 0 Å². The molecule has 0 fully saturated rings. The van der Waals surface area contributed by atoms with Gasteiger partial charge in [-0.1, -0.05) is 0 Å². The summed E-state index contributed by atoms with van der Waals surface area (Å²) < 4.78 is 0. The zero-order valence-electron chi connectivity index (χ0n) is 13.2. The van der Waals surface area contributed by atoms with Crippen molar-refractivity contribution in [1.29, 1.82) is 0 Å². The Morgan fingerprint density at radius 1 is 1.14 bits per heavy atom. The van der Waals surface area contributed by atoms with Gasteiger partial charge >= 0.3 is 0 Å². The van der Waals surface area contributed by atoms with Crippen molar-refractivity contribution in [2.45, 2.75) is 20.3 Å². The smallest absolute Gasteiger partial charge is 0.251 e. The Morgan fingerprint density at radius 2 is 1.77 bits per heavy atom. The molecule has 0 aromatic heterocycles. The fraction of sp³-hybridized carbons (Fsp3) is 0.500. The molecule has 2 amide bonds. The first kappa shape index (κ1) is 18.5. The van der Waals surface area contributed by atoms with Gasteiger partial charge in [0.2, 0.25) is 5.91 Å². The first-order chi connectivity index (χ1) is 10.6. The molecular weight excluding hydrogens is 302 g/mol. The topological polar surface area (TPSA) is 62.6 Å². The van der Waals surface area contributed by atoms with Crippen LogP contribution in [0, 0.1) is 0 Å². The lowest BCUT2D eigenvalue weighted by Gasteiger charge is -2.15. The molecule has 3 N–H and O–H groups in total. The number of nitrogens with one attached hydrogen (secondary N) is 3. The molecule has 0 aliphatic carbocycles. The summed E-state index contributed by atoms with van der Waals surface area (Å²) >= 11 is 5.51. The van der Waals surface area contributed by atoms with Crippen LogP contribution in [0.1, 0.15) is 30.6 Å². The van der Waals surface area contributed by atoms with Crippen molar-refractivity contribution in [1.82, 2.24) is 5.32 Å². The molecule has 0 aliphatic heterocycles. The number of likely N-dealkylation sites (N-methyl/N-ethyl adjacent to an activating group) is 1. The second-order valence-electron chi connectivity index (χ2n) is 5.03. The predicted octanol–water partition coefficient (Wildman–Crippen LogP) is 0.909. The van der Waals surface area contributed by atoms with Gasteiger partial charge in [0, 0.05) is 23.6 Å². The highest BCUT2D eigenvalue weighted by atomic mass is 35.5. The third-order valence-electron chi connectivity index (χ3n) is 3.52. The maximum atomic E-state index is 12.0. The van der Waals surface area contributed by atoms with Gasteiger partial charge in [-0.3, -0.25) is 9.59 Å². The number of carbonyl (C=O) groups excluding carboxylic acids is 2. The van der Waals surface area contributed by atoms with Crippen molar-refractivity contribution >= 4 is 29.1 Å². The summed E-state index contributed by atoms with van der Waals surface area (Å²) in [7, 11) is 0. The number of carbonyl (C=O) groups is 2. The minimum absolute atomic E-state index is 0.0924. The molecule has 0 saturated carbocycles. The summed E-state index contributed by atoms with van der Waals surface area (Å²) in [5, 5.41) is 5.64. The monoisotopic (exact) mass is 326 g/mol. The van der Waals surface area contributed by atoms with Gasteiger partial charge in [0.05, 0.1) is 26.2 Å². The van der Waals surface area contributed by atoms with Crippen LogP contribution in [-0.4, -0.2) is 43.9 Å². The van der Waals surface area contributed by atoms with E-state index in [0.29, 0.717) is 23.7 Å². The fourth-order valence-electron chi connectivity index (χ4n) is 2.07. The molecule has 6 heteroatoms. The lowest BCUT2D eigenvalue weighted by molar-refractivity contribution is -0.895. The number of anilines is 1. The normalized spacial score (nSPS) is 10.5. The Morgan fingerprint density at radius 3 is 2.32 bits per heavy atom. The van der Waals surface area contributed by atoms with E-state index in [9.17, 15) is 9.59 Å². The van der Waals surface area contributed by atoms with E-state index in [1.807, 2.05) is 0 Å². The van der Waals surface area contributed by atoms with Gasteiger partial charge in [-0.2, -0.15) is 0 Å². The van der Waals surface area contributed by atoms with E-state index in [4.69, 9.17) is 11.6 Å². The number of amides is 2. The van der Waals surface area contributed by atoms with Crippen LogP contribution in [0.15, 0.2) is 24.3 Å². The Kier molecular flexibility index (Phi) is 8.55. The second kappa shape index (κ2) is 10.2. The number of hydrogen-bond donors (Lipinski definition) is 3. The van der Waals surface area contributed by atoms with Crippen molar-refractivity contribution in [3.05, 3.63) is 29.8 Å². The molecule has 0 unspecified atom stereocenters. The highest BCUT2D eigenvalue weighted by Crippen LogP contribution is 2.10. The molecule has 0 aliphatic rings. The summed E-state index contributed by atoms with van der Waals surface area (Å²) in [6, 6.07) is 6.85. The van der Waals surface area contributed by atoms with Crippen LogP contribution in [0.4, 0.5) is 5.69 Å². The van der Waals surface area contributed by atoms with Gasteiger partial charge in [-0.15, -0.1) is 11.6 Å². The van der Waals surface area contributed by atoms with E-state index in [0.717, 1.165) is 19.6 Å². The van der Waals surface area contributed by atoms with E-state index in [1.54, 1.807) is 24.3 Å². The molecule has 0 saturated heterocycles. The first-order valence-electron chi connectivity index (χ1n) is 7.68. The minimum atomic E-state index is -0.130. The number of alkyl halides is 1. The van der Waals surface area contributed by atoms with Crippen LogP contribution >= 0.6 is 11.6 Å². The van der Waals surface area contributed by atoms with Crippen molar-refractivity contribution in [3.63, 3.8) is 0 Å². The highest BCUT2D eigenvalue weighted by molar-refractivity contribution is 6.19. The summed E-state index contributed by atoms with van der Waals surface area (Å²) in [4.78, 5) is 24.9. The van der Waals surface area contributed by atoms with E-state index < -0.39 is 0 Å². The van der Waals surface area contributed by atoms with Crippen LogP contribution in [0.25, 0.3) is 0 Å². The van der Waals surface area contributed by atoms with Gasteiger partial charge < -0.3 is 15.5 Å². The molecular formula is C16H25ClN3O2+. The van der Waals surface area contributed by atoms with Crippen LogP contribution in [-0.2, 0) is 4.79 Å². The van der Waals surface area contributed by atoms with E-state index in [1.165, 1.54) is 4.90 Å². The van der Waals surface area contributed by atoms with E-state index in [-0.39, 0.29) is 18.2 Å². The first-order valence-corrected chi connectivity index (χ1v) is 8.21. The third-order valence-corrected chi connectivity index (χ3v) is 3.71. The summed E-state index contributed by atoms with van der Waals surface area (Å²) in [6.07, 6.45) is 0.275. The quantitative estimate of drug-likeness (QED) is 0.591. The van der Waals surface area contributed by atoms with E-state index in [2.05, 4.69) is 24.5 Å². The number of benzene rings is 1. The maximum Gasteiger partial charge on any atom is 0.251 e. The zero-order valence-corrected chi connectivity index (χ0v) is 14.0. The molecule has 5 nitrogen and oxygen atoms in total. The van der Waals surface area contributed by atoms with Crippen molar-refractivity contribution in [2.24, 2.45) is 0 Å². The molecule has 0 bridgehead atoms. The molecule has 0 spiro atoms. The summed E-state index contributed by atoms with van der Waals surface area (Å²) in [6.45, 7) is 7.97. The summed E-state index contributed by atoms with van der Waals surface area (Å²) in [5.41, 5.74) is 1.25. The second-order valence-corrected chi connectivity index (χ2v) is 5.41. The van der Waals surface area contributed by atoms with Crippen LogP contribution < -0.4 is 15.5 Å². The predicted molar refractivity (Wildman–Crippen MR) is 89.7 cm³/mol. The van der Waals surface area contributed by atoms with Crippen LogP contribution in [0.3, 0.4) is 0 Å². The van der Waals surface area contributed by atoms with Gasteiger partial charge in [-0.25, -0.2) is 0 Å². The molecule has 0 radical (unpaired) electrons. The lowest BCUT2D eigenvalue weighted by Crippen LogP contribution is -3.12. The molecule has 122 valence electrons. The molecule has 1 aromatic carbocycles. The summed E-state index contributed by atoms with van der Waals surface area (Å²) in [5.74, 6) is 0.0699. The SMILES string of the molecule is CC[NH+](CC)CCNC(=O)c1ccc(NC(=O)CCCl)cc1. The van der Waals surface area contributed by atoms with Gasteiger partial charge in [0.25, 0.3) is 5.91 Å². The Balaban J connectivity index is 2.45. The van der Waals surface area contributed by atoms with Crippen molar-refractivity contribution in [3.8, 4) is 0 Å². The van der Waals surface area contributed by atoms with Gasteiger partial charge in [0.15, 0.2) is 0 Å². The van der Waals surface area contributed by atoms with Gasteiger partial charge in [-0.05, 0) is 38.1 Å². The average molecular weight is 327 g/mol. The fourth-order valence-corrected chi connectivity index (χ4v) is 2.24. The largest absolute Gasteiger partial charge is 0.346 e. The van der Waals surface area contributed by atoms with E-state index >= 15 is 0 Å². The molecule has 1 aromatic rings. The third kappa shape index (κ3) is 6.45. The number of halogens is 1. The number of quaternary nitrogens is 1. The highest BCUT2D eigenvalue weighted by Gasteiger charge is 2.08. The molecule has 22 heavy (non-hydrogen) atoms.